The summed E-state index contributed by atoms with van der Waals surface area (Å²) in [7, 11) is 0. The predicted octanol–water partition coefficient (Wildman–Crippen LogP) is 3.74. The van der Waals surface area contributed by atoms with Crippen LogP contribution in [0.15, 0.2) is 73.4 Å². The second kappa shape index (κ2) is 9.67. The largest absolute Gasteiger partial charge is 0.346 e. The molecule has 0 unspecified atom stereocenters. The van der Waals surface area contributed by atoms with Crippen LogP contribution in [0.3, 0.4) is 0 Å². The zero-order chi connectivity index (χ0) is 21.8. The second-order valence-electron chi connectivity index (χ2n) is 8.93. The first-order chi connectivity index (χ1) is 15.8. The third-order valence-corrected chi connectivity index (χ3v) is 6.55. The van der Waals surface area contributed by atoms with Gasteiger partial charge in [0.05, 0.1) is 6.54 Å². The third kappa shape index (κ3) is 4.92. The summed E-state index contributed by atoms with van der Waals surface area (Å²) in [6, 6.07) is 19.7. The number of likely N-dealkylation sites (tertiary alicyclic amines) is 1. The van der Waals surface area contributed by atoms with Crippen LogP contribution in [0.2, 0.25) is 0 Å². The molecule has 6 nitrogen and oxygen atoms in total. The Balaban J connectivity index is 1.12. The maximum atomic E-state index is 4.21. The lowest BCUT2D eigenvalue weighted by molar-refractivity contribution is 0.0613. The van der Waals surface area contributed by atoms with Gasteiger partial charge in [-0.25, -0.2) is 9.67 Å². The summed E-state index contributed by atoms with van der Waals surface area (Å²) in [5, 5.41) is 5.50. The van der Waals surface area contributed by atoms with E-state index in [1.807, 2.05) is 4.68 Å². The molecule has 1 saturated heterocycles. The lowest BCUT2D eigenvalue weighted by atomic mass is 9.98. The Labute approximate surface area is 190 Å². The fourth-order valence-corrected chi connectivity index (χ4v) is 4.80. The molecule has 0 bridgehead atoms. The molecule has 32 heavy (non-hydrogen) atoms. The third-order valence-electron chi connectivity index (χ3n) is 6.55. The van der Waals surface area contributed by atoms with Crippen molar-refractivity contribution >= 4 is 10.9 Å². The molecule has 1 fully saturated rings. The molecule has 2 aromatic carbocycles. The molecule has 0 spiro atoms. The smallest absolute Gasteiger partial charge is 0.137 e. The van der Waals surface area contributed by atoms with Crippen LogP contribution in [0, 0.1) is 5.92 Å². The number of benzene rings is 2. The highest BCUT2D eigenvalue weighted by atomic mass is 15.3. The van der Waals surface area contributed by atoms with Gasteiger partial charge in [0.15, 0.2) is 0 Å². The van der Waals surface area contributed by atoms with E-state index in [0.29, 0.717) is 0 Å². The summed E-state index contributed by atoms with van der Waals surface area (Å²) in [5.74, 6) is 0.791. The van der Waals surface area contributed by atoms with Gasteiger partial charge in [0, 0.05) is 51.0 Å². The Kier molecular flexibility index (Phi) is 6.32. The molecule has 0 saturated carbocycles. The van der Waals surface area contributed by atoms with E-state index in [4.69, 9.17) is 0 Å². The summed E-state index contributed by atoms with van der Waals surface area (Å²) in [6.45, 7) is 11.0. The number of hydrogen-bond acceptors (Lipinski definition) is 4. The van der Waals surface area contributed by atoms with Gasteiger partial charge < -0.3 is 9.47 Å². The van der Waals surface area contributed by atoms with Gasteiger partial charge in [-0.15, -0.1) is 0 Å². The molecule has 2 aromatic heterocycles. The van der Waals surface area contributed by atoms with Gasteiger partial charge in [-0.1, -0.05) is 43.3 Å². The SMILES string of the molecule is CCN(CCn1ccc2cc(Cn3cncn3)ccc21)CC1CN(Cc2ccccc2)C1. The van der Waals surface area contributed by atoms with Crippen LogP contribution in [0.1, 0.15) is 18.1 Å². The summed E-state index contributed by atoms with van der Waals surface area (Å²) >= 11 is 0. The van der Waals surface area contributed by atoms with Crippen LogP contribution in [-0.4, -0.2) is 61.9 Å². The number of likely N-dealkylation sites (N-methyl/N-ethyl adjacent to an activating group) is 1. The number of nitrogens with zero attached hydrogens (tertiary/aromatic N) is 6. The minimum absolute atomic E-state index is 0.757. The average Bonchev–Trinajstić information content (AvgIpc) is 3.45. The van der Waals surface area contributed by atoms with Gasteiger partial charge in [0.2, 0.25) is 0 Å². The van der Waals surface area contributed by atoms with Gasteiger partial charge in [0.1, 0.15) is 12.7 Å². The highest BCUT2D eigenvalue weighted by molar-refractivity contribution is 5.80. The number of rotatable bonds is 10. The standard InChI is InChI=1S/C26H32N6/c1-2-29(16-24-17-30(18-24)15-22-6-4-3-5-7-22)12-13-31-11-10-25-14-23(8-9-26(25)31)19-32-21-27-20-28-32/h3-11,14,20-21,24H,2,12-13,15-19H2,1H3. The molecule has 0 radical (unpaired) electrons. The first-order valence-corrected chi connectivity index (χ1v) is 11.7. The Morgan fingerprint density at radius 3 is 2.66 bits per heavy atom. The van der Waals surface area contributed by atoms with E-state index in [0.717, 1.165) is 38.6 Å². The van der Waals surface area contributed by atoms with Crippen LogP contribution in [0.5, 0.6) is 0 Å². The molecule has 0 amide bonds. The van der Waals surface area contributed by atoms with Crippen molar-refractivity contribution in [1.82, 2.24) is 29.1 Å². The van der Waals surface area contributed by atoms with Crippen molar-refractivity contribution in [2.45, 2.75) is 26.6 Å². The topological polar surface area (TPSA) is 42.1 Å². The lowest BCUT2D eigenvalue weighted by Crippen LogP contribution is -2.51. The second-order valence-corrected chi connectivity index (χ2v) is 8.93. The molecule has 6 heteroatoms. The van der Waals surface area contributed by atoms with E-state index in [9.17, 15) is 0 Å². The van der Waals surface area contributed by atoms with Crippen molar-refractivity contribution in [3.8, 4) is 0 Å². The van der Waals surface area contributed by atoms with E-state index >= 15 is 0 Å². The van der Waals surface area contributed by atoms with Crippen LogP contribution in [0.4, 0.5) is 0 Å². The van der Waals surface area contributed by atoms with Gasteiger partial charge in [-0.3, -0.25) is 4.90 Å². The van der Waals surface area contributed by atoms with Crippen LogP contribution in [0.25, 0.3) is 10.9 Å². The average molecular weight is 429 g/mol. The molecule has 5 rings (SSSR count). The number of hydrogen-bond donors (Lipinski definition) is 0. The normalized spacial score (nSPS) is 14.9. The highest BCUT2D eigenvalue weighted by Crippen LogP contribution is 2.21. The highest BCUT2D eigenvalue weighted by Gasteiger charge is 2.27. The van der Waals surface area contributed by atoms with E-state index in [1.54, 1.807) is 12.7 Å². The van der Waals surface area contributed by atoms with Crippen molar-refractivity contribution in [3.05, 3.63) is 84.6 Å². The number of fused-ring (bicyclic) bond motifs is 1. The van der Waals surface area contributed by atoms with Gasteiger partial charge in [0.25, 0.3) is 0 Å². The zero-order valence-corrected chi connectivity index (χ0v) is 18.8. The Morgan fingerprint density at radius 2 is 1.88 bits per heavy atom. The molecule has 3 heterocycles. The van der Waals surface area contributed by atoms with Crippen LogP contribution >= 0.6 is 0 Å². The van der Waals surface area contributed by atoms with E-state index < -0.39 is 0 Å². The minimum Gasteiger partial charge on any atom is -0.346 e. The predicted molar refractivity (Wildman–Crippen MR) is 128 cm³/mol. The summed E-state index contributed by atoms with van der Waals surface area (Å²) < 4.78 is 4.25. The Hall–Kier alpha value is -2.96. The maximum absolute atomic E-state index is 4.21. The fraction of sp³-hybridized carbons (Fsp3) is 0.385. The van der Waals surface area contributed by atoms with Crippen LogP contribution < -0.4 is 0 Å². The fourth-order valence-electron chi connectivity index (χ4n) is 4.80. The zero-order valence-electron chi connectivity index (χ0n) is 18.8. The molecule has 0 N–H and O–H groups in total. The Bertz CT molecular complexity index is 1110. The first-order valence-electron chi connectivity index (χ1n) is 11.7. The molecular formula is C26H32N6. The molecule has 166 valence electrons. The van der Waals surface area contributed by atoms with Crippen LogP contribution in [-0.2, 0) is 19.6 Å². The lowest BCUT2D eigenvalue weighted by Gasteiger charge is -2.41. The molecule has 4 aromatic rings. The monoisotopic (exact) mass is 428 g/mol. The molecule has 0 atom stereocenters. The summed E-state index contributed by atoms with van der Waals surface area (Å²) in [6.07, 6.45) is 5.57. The Morgan fingerprint density at radius 1 is 1.00 bits per heavy atom. The summed E-state index contributed by atoms with van der Waals surface area (Å²) in [5.41, 5.74) is 3.98. The first kappa shape index (κ1) is 20.9. The summed E-state index contributed by atoms with van der Waals surface area (Å²) in [4.78, 5) is 9.19. The molecule has 1 aliphatic heterocycles. The van der Waals surface area contributed by atoms with E-state index in [1.165, 1.54) is 41.7 Å². The molecular weight excluding hydrogens is 396 g/mol. The van der Waals surface area contributed by atoms with Crippen molar-refractivity contribution in [2.24, 2.45) is 5.92 Å². The maximum Gasteiger partial charge on any atom is 0.137 e. The molecule has 1 aliphatic rings. The van der Waals surface area contributed by atoms with Gasteiger partial charge >= 0.3 is 0 Å². The molecule has 0 aliphatic carbocycles. The van der Waals surface area contributed by atoms with Crippen molar-refractivity contribution in [3.63, 3.8) is 0 Å². The van der Waals surface area contributed by atoms with E-state index in [2.05, 4.69) is 92.2 Å². The van der Waals surface area contributed by atoms with Crippen molar-refractivity contribution in [2.75, 3.05) is 32.7 Å². The van der Waals surface area contributed by atoms with Gasteiger partial charge in [-0.2, -0.15) is 5.10 Å². The van der Waals surface area contributed by atoms with E-state index in [-0.39, 0.29) is 0 Å². The van der Waals surface area contributed by atoms with Crippen molar-refractivity contribution in [1.29, 1.82) is 0 Å². The van der Waals surface area contributed by atoms with Crippen molar-refractivity contribution < 1.29 is 0 Å². The quantitative estimate of drug-likeness (QED) is 0.386. The number of aromatic nitrogens is 4. The minimum atomic E-state index is 0.757. The van der Waals surface area contributed by atoms with Gasteiger partial charge in [-0.05, 0) is 47.2 Å².